The van der Waals surface area contributed by atoms with Crippen molar-refractivity contribution in [3.8, 4) is 0 Å². The first-order chi connectivity index (χ1) is 9.61. The third-order valence-corrected chi connectivity index (χ3v) is 4.68. The van der Waals surface area contributed by atoms with Gasteiger partial charge in [-0.3, -0.25) is 4.79 Å². The molecule has 0 saturated carbocycles. The fourth-order valence-corrected chi connectivity index (χ4v) is 3.45. The Morgan fingerprint density at radius 1 is 1.45 bits per heavy atom. The van der Waals surface area contributed by atoms with Crippen molar-refractivity contribution in [1.82, 2.24) is 4.90 Å². The predicted molar refractivity (Wildman–Crippen MR) is 83.6 cm³/mol. The third kappa shape index (κ3) is 3.54. The molecule has 5 heteroatoms. The second-order valence-corrected chi connectivity index (χ2v) is 6.07. The van der Waals surface area contributed by atoms with Crippen LogP contribution < -0.4 is 5.32 Å². The summed E-state index contributed by atoms with van der Waals surface area (Å²) < 4.78 is 0. The molecule has 1 fully saturated rings. The quantitative estimate of drug-likeness (QED) is 0.867. The molecule has 108 valence electrons. The van der Waals surface area contributed by atoms with Crippen LogP contribution in [0.5, 0.6) is 0 Å². The summed E-state index contributed by atoms with van der Waals surface area (Å²) in [7, 11) is 1.83. The molecule has 0 aliphatic carbocycles. The molecule has 2 rings (SSSR count). The van der Waals surface area contributed by atoms with Crippen molar-refractivity contribution in [1.29, 1.82) is 0 Å². The lowest BCUT2D eigenvalue weighted by Gasteiger charge is -2.24. The van der Waals surface area contributed by atoms with E-state index in [4.69, 9.17) is 0 Å². The maximum absolute atomic E-state index is 12.2. The highest BCUT2D eigenvalue weighted by molar-refractivity contribution is 7.99. The van der Waals surface area contributed by atoms with Crippen LogP contribution in [0.1, 0.15) is 30.1 Å². The van der Waals surface area contributed by atoms with Gasteiger partial charge in [0.25, 0.3) is 0 Å². The van der Waals surface area contributed by atoms with E-state index in [0.29, 0.717) is 23.7 Å². The monoisotopic (exact) mass is 292 g/mol. The van der Waals surface area contributed by atoms with E-state index in [1.807, 2.05) is 31.8 Å². The number of benzene rings is 1. The molecule has 1 atom stereocenters. The zero-order valence-corrected chi connectivity index (χ0v) is 12.7. The van der Waals surface area contributed by atoms with Gasteiger partial charge in [0.05, 0.1) is 0 Å². The first-order valence-corrected chi connectivity index (χ1v) is 8.02. The Labute approximate surface area is 123 Å². The average Bonchev–Trinajstić information content (AvgIpc) is 3.00. The minimum atomic E-state index is -0.112. The summed E-state index contributed by atoms with van der Waals surface area (Å²) in [4.78, 5) is 25.6. The van der Waals surface area contributed by atoms with E-state index in [1.54, 1.807) is 23.1 Å². The fraction of sp³-hybridized carbons (Fsp3) is 0.467. The summed E-state index contributed by atoms with van der Waals surface area (Å²) in [5.41, 5.74) is 1.32. The van der Waals surface area contributed by atoms with Gasteiger partial charge in [-0.2, -0.15) is 11.8 Å². The number of ketones is 1. The fourth-order valence-electron chi connectivity index (χ4n) is 2.18. The molecule has 20 heavy (non-hydrogen) atoms. The Morgan fingerprint density at radius 2 is 2.25 bits per heavy atom. The van der Waals surface area contributed by atoms with Gasteiger partial charge in [0.1, 0.15) is 0 Å². The van der Waals surface area contributed by atoms with Gasteiger partial charge in [-0.15, -0.1) is 0 Å². The molecule has 2 amide bonds. The van der Waals surface area contributed by atoms with Crippen LogP contribution in [0.2, 0.25) is 0 Å². The number of amides is 2. The largest absolute Gasteiger partial charge is 0.324 e. The Balaban J connectivity index is 2.01. The normalized spacial score (nSPS) is 17.8. The summed E-state index contributed by atoms with van der Waals surface area (Å²) >= 11 is 1.88. The number of carbonyl (C=O) groups excluding carboxylic acids is 2. The van der Waals surface area contributed by atoms with Crippen molar-refractivity contribution in [3.63, 3.8) is 0 Å². The standard InChI is InChI=1S/C15H20N2O2S/c1-3-14(18)11-5-4-6-12(9-11)16-15(19)17(2)13-7-8-20-10-13/h4-6,9,13H,3,7-8,10H2,1-2H3,(H,16,19)/t13-/m1/s1. The first kappa shape index (κ1) is 14.9. The lowest BCUT2D eigenvalue weighted by atomic mass is 10.1. The first-order valence-electron chi connectivity index (χ1n) is 6.86. The number of Topliss-reactive ketones (excluding diaryl/α,β-unsaturated/α-hetero) is 1. The number of hydrogen-bond donors (Lipinski definition) is 1. The van der Waals surface area contributed by atoms with Crippen molar-refractivity contribution in [2.75, 3.05) is 23.9 Å². The summed E-state index contributed by atoms with van der Waals surface area (Å²) in [6.45, 7) is 1.83. The Bertz CT molecular complexity index is 498. The Hall–Kier alpha value is -1.49. The van der Waals surface area contributed by atoms with Crippen molar-refractivity contribution >= 4 is 29.3 Å². The molecule has 0 unspecified atom stereocenters. The number of urea groups is 1. The van der Waals surface area contributed by atoms with Crippen LogP contribution in [0.3, 0.4) is 0 Å². The van der Waals surface area contributed by atoms with Crippen molar-refractivity contribution in [2.45, 2.75) is 25.8 Å². The van der Waals surface area contributed by atoms with Crippen molar-refractivity contribution in [3.05, 3.63) is 29.8 Å². The SMILES string of the molecule is CCC(=O)c1cccc(NC(=O)N(C)[C@@H]2CCSC2)c1. The maximum atomic E-state index is 12.2. The number of carbonyl (C=O) groups is 2. The van der Waals surface area contributed by atoms with E-state index in [1.165, 1.54) is 0 Å². The van der Waals surface area contributed by atoms with Gasteiger partial charge >= 0.3 is 6.03 Å². The molecule has 1 N–H and O–H groups in total. The highest BCUT2D eigenvalue weighted by atomic mass is 32.2. The lowest BCUT2D eigenvalue weighted by molar-refractivity contribution is 0.0988. The molecule has 1 heterocycles. The third-order valence-electron chi connectivity index (χ3n) is 3.53. The van der Waals surface area contributed by atoms with Gasteiger partial charge < -0.3 is 10.2 Å². The zero-order valence-electron chi connectivity index (χ0n) is 11.9. The molecule has 0 aromatic heterocycles. The molecule has 1 saturated heterocycles. The van der Waals surface area contributed by atoms with E-state index >= 15 is 0 Å². The van der Waals surface area contributed by atoms with Gasteiger partial charge in [0.2, 0.25) is 0 Å². The highest BCUT2D eigenvalue weighted by Gasteiger charge is 2.23. The van der Waals surface area contributed by atoms with Crippen LogP contribution in [0.25, 0.3) is 0 Å². The van der Waals surface area contributed by atoms with E-state index in [9.17, 15) is 9.59 Å². The van der Waals surface area contributed by atoms with Crippen molar-refractivity contribution in [2.24, 2.45) is 0 Å². The second kappa shape index (κ2) is 6.79. The Morgan fingerprint density at radius 3 is 2.90 bits per heavy atom. The summed E-state index contributed by atoms with van der Waals surface area (Å²) in [6.07, 6.45) is 1.51. The summed E-state index contributed by atoms with van der Waals surface area (Å²) in [6, 6.07) is 7.31. The Kier molecular flexibility index (Phi) is 5.06. The van der Waals surface area contributed by atoms with Gasteiger partial charge in [-0.05, 0) is 24.3 Å². The minimum absolute atomic E-state index is 0.0849. The van der Waals surface area contributed by atoms with Crippen LogP contribution in [-0.4, -0.2) is 41.3 Å². The van der Waals surface area contributed by atoms with Gasteiger partial charge in [0, 0.05) is 36.5 Å². The number of hydrogen-bond acceptors (Lipinski definition) is 3. The molecular formula is C15H20N2O2S. The van der Waals surface area contributed by atoms with Crippen LogP contribution in [0.15, 0.2) is 24.3 Å². The molecule has 4 nitrogen and oxygen atoms in total. The average molecular weight is 292 g/mol. The van der Waals surface area contributed by atoms with Crippen LogP contribution in [-0.2, 0) is 0 Å². The highest BCUT2D eigenvalue weighted by Crippen LogP contribution is 2.22. The number of anilines is 1. The molecule has 0 radical (unpaired) electrons. The second-order valence-electron chi connectivity index (χ2n) is 4.92. The van der Waals surface area contributed by atoms with Crippen molar-refractivity contribution < 1.29 is 9.59 Å². The topological polar surface area (TPSA) is 49.4 Å². The van der Waals surface area contributed by atoms with Gasteiger partial charge in [0.15, 0.2) is 5.78 Å². The van der Waals surface area contributed by atoms with E-state index < -0.39 is 0 Å². The number of rotatable bonds is 4. The molecule has 0 spiro atoms. The van der Waals surface area contributed by atoms with Crippen LogP contribution >= 0.6 is 11.8 Å². The van der Waals surface area contributed by atoms with Gasteiger partial charge in [-0.25, -0.2) is 4.79 Å². The number of nitrogens with one attached hydrogen (secondary N) is 1. The minimum Gasteiger partial charge on any atom is -0.324 e. The van der Waals surface area contributed by atoms with Crippen LogP contribution in [0.4, 0.5) is 10.5 Å². The smallest absolute Gasteiger partial charge is 0.321 e. The molecule has 1 aromatic rings. The molecular weight excluding hydrogens is 272 g/mol. The van der Waals surface area contributed by atoms with Gasteiger partial charge in [-0.1, -0.05) is 19.1 Å². The summed E-state index contributed by atoms with van der Waals surface area (Å²) in [5, 5.41) is 2.86. The number of thioether (sulfide) groups is 1. The van der Waals surface area contributed by atoms with E-state index in [-0.39, 0.29) is 11.8 Å². The molecule has 1 aliphatic rings. The predicted octanol–water partition coefficient (Wildman–Crippen LogP) is 3.25. The molecule has 1 aromatic carbocycles. The maximum Gasteiger partial charge on any atom is 0.321 e. The number of nitrogens with zero attached hydrogens (tertiary/aromatic N) is 1. The van der Waals surface area contributed by atoms with E-state index in [2.05, 4.69) is 5.32 Å². The zero-order chi connectivity index (χ0) is 14.5. The van der Waals surface area contributed by atoms with E-state index in [0.717, 1.165) is 17.9 Å². The molecule has 1 aliphatic heterocycles. The molecule has 0 bridgehead atoms. The summed E-state index contributed by atoms with van der Waals surface area (Å²) in [5.74, 6) is 2.20. The lowest BCUT2D eigenvalue weighted by Crippen LogP contribution is -2.39. The van der Waals surface area contributed by atoms with Crippen LogP contribution in [0, 0.1) is 0 Å².